The maximum absolute atomic E-state index is 12.4. The van der Waals surface area contributed by atoms with Gasteiger partial charge in [-0.1, -0.05) is 0 Å². The second-order valence-electron chi connectivity index (χ2n) is 6.84. The maximum Gasteiger partial charge on any atom is 0.250 e. The predicted octanol–water partition coefficient (Wildman–Crippen LogP) is 1.47. The Morgan fingerprint density at radius 1 is 1.21 bits per heavy atom. The highest BCUT2D eigenvalue weighted by molar-refractivity contribution is 7.91. The molecule has 1 saturated heterocycles. The lowest BCUT2D eigenvalue weighted by Gasteiger charge is -2.17. The third-order valence-corrected chi connectivity index (χ3v) is 7.42. The molecule has 2 aromatic rings. The number of anilines is 2. The minimum atomic E-state index is -3.60. The van der Waals surface area contributed by atoms with Gasteiger partial charge in [0.15, 0.2) is 0 Å². The van der Waals surface area contributed by atoms with Crippen LogP contribution in [0.3, 0.4) is 0 Å². The Balaban J connectivity index is 1.51. The lowest BCUT2D eigenvalue weighted by molar-refractivity contribution is -0.119. The monoisotopic (exact) mass is 438 g/mol. The lowest BCUT2D eigenvalue weighted by Crippen LogP contribution is -2.29. The van der Waals surface area contributed by atoms with Crippen LogP contribution in [0.1, 0.15) is 30.3 Å². The first-order valence-electron chi connectivity index (χ1n) is 9.51. The molecule has 1 amide bonds. The molecule has 3 heterocycles. The highest BCUT2D eigenvalue weighted by atomic mass is 32.2. The Bertz CT molecular complexity index is 954. The number of hydrogen-bond acceptors (Lipinski definition) is 8. The van der Waals surface area contributed by atoms with Gasteiger partial charge in [0.05, 0.1) is 6.54 Å². The molecule has 3 rings (SSSR count). The van der Waals surface area contributed by atoms with Gasteiger partial charge in [0.1, 0.15) is 10.0 Å². The fourth-order valence-electron chi connectivity index (χ4n) is 2.98. The molecule has 1 aliphatic rings. The molecule has 0 atom stereocenters. The summed E-state index contributed by atoms with van der Waals surface area (Å²) in [6.07, 6.45) is 2.34. The van der Waals surface area contributed by atoms with Gasteiger partial charge in [0.25, 0.3) is 0 Å². The highest BCUT2D eigenvalue weighted by Crippen LogP contribution is 2.21. The van der Waals surface area contributed by atoms with Crippen molar-refractivity contribution in [2.75, 3.05) is 36.4 Å². The van der Waals surface area contributed by atoms with Crippen molar-refractivity contribution in [3.05, 3.63) is 28.8 Å². The standard InChI is InChI=1S/C18H26N6O3S2/c1-13-11-16(24-9-3-4-10-24)23-18(22-13)19-7-8-21-29(26,27)17-6-5-15(28-17)12-20-14(2)25/h5-6,11,21H,3-4,7-10,12H2,1-2H3,(H,20,25)(H,19,22,23). The molecule has 29 heavy (non-hydrogen) atoms. The minimum absolute atomic E-state index is 0.154. The number of aromatic nitrogens is 2. The van der Waals surface area contributed by atoms with Gasteiger partial charge in [-0.05, 0) is 31.9 Å². The summed E-state index contributed by atoms with van der Waals surface area (Å²) in [7, 11) is -3.60. The van der Waals surface area contributed by atoms with E-state index in [1.165, 1.54) is 19.8 Å². The highest BCUT2D eigenvalue weighted by Gasteiger charge is 2.17. The van der Waals surface area contributed by atoms with E-state index in [2.05, 4.69) is 30.2 Å². The first-order chi connectivity index (χ1) is 13.8. The van der Waals surface area contributed by atoms with E-state index in [4.69, 9.17) is 0 Å². The van der Waals surface area contributed by atoms with Gasteiger partial charge in [0.2, 0.25) is 21.9 Å². The Morgan fingerprint density at radius 3 is 2.69 bits per heavy atom. The van der Waals surface area contributed by atoms with Crippen LogP contribution in [-0.2, 0) is 21.4 Å². The molecular formula is C18H26N6O3S2. The van der Waals surface area contributed by atoms with Gasteiger partial charge < -0.3 is 15.5 Å². The largest absolute Gasteiger partial charge is 0.356 e. The van der Waals surface area contributed by atoms with Crippen LogP contribution in [0.25, 0.3) is 0 Å². The summed E-state index contributed by atoms with van der Waals surface area (Å²) in [4.78, 5) is 22.9. The summed E-state index contributed by atoms with van der Waals surface area (Å²) in [5.74, 6) is 1.25. The van der Waals surface area contributed by atoms with Gasteiger partial charge in [-0.3, -0.25) is 4.79 Å². The first-order valence-corrected chi connectivity index (χ1v) is 11.8. The Labute approximate surface area is 175 Å². The Kier molecular flexibility index (Phi) is 7.04. The average Bonchev–Trinajstić information content (AvgIpc) is 3.35. The summed E-state index contributed by atoms with van der Waals surface area (Å²) >= 11 is 1.14. The Morgan fingerprint density at radius 2 is 1.97 bits per heavy atom. The van der Waals surface area contributed by atoms with Crippen LogP contribution in [0.15, 0.2) is 22.4 Å². The quantitative estimate of drug-likeness (QED) is 0.508. The second-order valence-corrected chi connectivity index (χ2v) is 10.0. The predicted molar refractivity (Wildman–Crippen MR) is 114 cm³/mol. The van der Waals surface area contributed by atoms with Crippen LogP contribution in [-0.4, -0.2) is 50.5 Å². The fourth-order valence-corrected chi connectivity index (χ4v) is 5.35. The van der Waals surface area contributed by atoms with E-state index in [1.807, 2.05) is 13.0 Å². The van der Waals surface area contributed by atoms with Gasteiger partial charge >= 0.3 is 0 Å². The van der Waals surface area contributed by atoms with Crippen LogP contribution in [0.5, 0.6) is 0 Å². The van der Waals surface area contributed by atoms with E-state index in [-0.39, 0.29) is 16.7 Å². The van der Waals surface area contributed by atoms with Crippen molar-refractivity contribution in [1.82, 2.24) is 20.0 Å². The number of carbonyl (C=O) groups is 1. The van der Waals surface area contributed by atoms with Crippen molar-refractivity contribution < 1.29 is 13.2 Å². The van der Waals surface area contributed by atoms with Crippen molar-refractivity contribution in [3.8, 4) is 0 Å². The van der Waals surface area contributed by atoms with Crippen molar-refractivity contribution in [3.63, 3.8) is 0 Å². The topological polar surface area (TPSA) is 116 Å². The molecule has 1 aliphatic heterocycles. The number of hydrogen-bond donors (Lipinski definition) is 3. The molecule has 1 fully saturated rings. The number of sulfonamides is 1. The number of thiophene rings is 1. The fraction of sp³-hybridized carbons (Fsp3) is 0.500. The van der Waals surface area contributed by atoms with E-state index >= 15 is 0 Å². The summed E-state index contributed by atoms with van der Waals surface area (Å²) in [6, 6.07) is 5.21. The van der Waals surface area contributed by atoms with E-state index in [0.717, 1.165) is 40.8 Å². The van der Waals surface area contributed by atoms with Gasteiger partial charge in [-0.15, -0.1) is 11.3 Å². The smallest absolute Gasteiger partial charge is 0.250 e. The van der Waals surface area contributed by atoms with Crippen molar-refractivity contribution in [2.24, 2.45) is 0 Å². The summed E-state index contributed by atoms with van der Waals surface area (Å²) in [5.41, 5.74) is 0.871. The van der Waals surface area contributed by atoms with Gasteiger partial charge in [-0.2, -0.15) is 4.98 Å². The Hall–Kier alpha value is -2.24. The molecule has 3 N–H and O–H groups in total. The number of carbonyl (C=O) groups excluding carboxylic acids is 1. The lowest BCUT2D eigenvalue weighted by atomic mass is 10.4. The molecule has 2 aromatic heterocycles. The van der Waals surface area contributed by atoms with E-state index < -0.39 is 10.0 Å². The summed E-state index contributed by atoms with van der Waals surface area (Å²) in [6.45, 7) is 6.24. The van der Waals surface area contributed by atoms with Gasteiger partial charge in [0, 0.05) is 49.7 Å². The molecule has 0 unspecified atom stereocenters. The normalized spacial score (nSPS) is 14.2. The number of amides is 1. The molecule has 0 saturated carbocycles. The van der Waals surface area contributed by atoms with Crippen LogP contribution in [0, 0.1) is 6.92 Å². The molecule has 158 valence electrons. The van der Waals surface area contributed by atoms with Crippen molar-refractivity contribution in [2.45, 2.75) is 37.4 Å². The van der Waals surface area contributed by atoms with Crippen LogP contribution >= 0.6 is 11.3 Å². The molecule has 0 bridgehead atoms. The first kappa shape index (κ1) is 21.5. The minimum Gasteiger partial charge on any atom is -0.356 e. The SMILES string of the molecule is CC(=O)NCc1ccc(S(=O)(=O)NCCNc2nc(C)cc(N3CCCC3)n2)s1. The number of rotatable bonds is 9. The van der Waals surface area contributed by atoms with E-state index in [9.17, 15) is 13.2 Å². The second kappa shape index (κ2) is 9.51. The van der Waals surface area contributed by atoms with Crippen LogP contribution in [0.2, 0.25) is 0 Å². The zero-order valence-electron chi connectivity index (χ0n) is 16.6. The molecule has 0 aliphatic carbocycles. The van der Waals surface area contributed by atoms with Gasteiger partial charge in [-0.25, -0.2) is 18.1 Å². The van der Waals surface area contributed by atoms with Crippen molar-refractivity contribution >= 4 is 39.0 Å². The number of aryl methyl sites for hydroxylation is 1. The molecule has 0 aromatic carbocycles. The zero-order chi connectivity index (χ0) is 20.9. The van der Waals surface area contributed by atoms with Crippen molar-refractivity contribution in [1.29, 1.82) is 0 Å². The summed E-state index contributed by atoms with van der Waals surface area (Å²) < 4.78 is 27.6. The third-order valence-electron chi connectivity index (χ3n) is 4.38. The number of nitrogens with zero attached hydrogens (tertiary/aromatic N) is 3. The molecular weight excluding hydrogens is 412 g/mol. The molecule has 9 nitrogen and oxygen atoms in total. The van der Waals surface area contributed by atoms with E-state index in [0.29, 0.717) is 19.0 Å². The molecule has 0 radical (unpaired) electrons. The third kappa shape index (κ3) is 6.12. The summed E-state index contributed by atoms with van der Waals surface area (Å²) in [5, 5.41) is 5.75. The van der Waals surface area contributed by atoms with E-state index in [1.54, 1.807) is 12.1 Å². The maximum atomic E-state index is 12.4. The average molecular weight is 439 g/mol. The number of nitrogens with one attached hydrogen (secondary N) is 3. The van der Waals surface area contributed by atoms with Crippen LogP contribution in [0.4, 0.5) is 11.8 Å². The van der Waals surface area contributed by atoms with Crippen LogP contribution < -0.4 is 20.3 Å². The molecule has 0 spiro atoms. The zero-order valence-corrected chi connectivity index (χ0v) is 18.2. The molecule has 11 heteroatoms.